The molecular weight excluding hydrogens is 244 g/mol. The first kappa shape index (κ1) is 14.8. The fourth-order valence-electron chi connectivity index (χ4n) is 1.37. The van der Waals surface area contributed by atoms with Gasteiger partial charge in [0.15, 0.2) is 6.29 Å². The van der Waals surface area contributed by atoms with Crippen molar-refractivity contribution in [2.75, 3.05) is 0 Å². The molecule has 0 spiro atoms. The van der Waals surface area contributed by atoms with Crippen molar-refractivity contribution in [1.82, 2.24) is 0 Å². The summed E-state index contributed by atoms with van der Waals surface area (Å²) in [6.07, 6.45) is 0.654. The zero-order valence-corrected chi connectivity index (χ0v) is 13.0. The van der Waals surface area contributed by atoms with Crippen LogP contribution < -0.4 is 4.43 Å². The lowest BCUT2D eigenvalue weighted by Crippen LogP contribution is -2.43. The molecule has 0 atom stereocenters. The average Bonchev–Trinajstić information content (AvgIpc) is 2.21. The second-order valence-corrected chi connectivity index (χ2v) is 10.9. The van der Waals surface area contributed by atoms with E-state index in [0.29, 0.717) is 17.6 Å². The standard InChI is InChI=1S/C14H22O3Si/c1-10-7-12(8-11(9-15)13(10)16)17-18(5,6)14(2,3)4/h7-9,16H,1-6H3. The fourth-order valence-corrected chi connectivity index (χ4v) is 2.38. The number of aryl methyl sites for hydroxylation is 1. The van der Waals surface area contributed by atoms with E-state index in [9.17, 15) is 9.90 Å². The van der Waals surface area contributed by atoms with E-state index in [2.05, 4.69) is 33.9 Å². The molecule has 1 N–H and O–H groups in total. The number of carbonyl (C=O) groups is 1. The van der Waals surface area contributed by atoms with Gasteiger partial charge >= 0.3 is 0 Å². The Balaban J connectivity index is 3.14. The van der Waals surface area contributed by atoms with Crippen LogP contribution in [0.15, 0.2) is 12.1 Å². The third kappa shape index (κ3) is 2.93. The highest BCUT2D eigenvalue weighted by Crippen LogP contribution is 2.38. The third-order valence-electron chi connectivity index (χ3n) is 3.61. The molecule has 0 aliphatic rings. The van der Waals surface area contributed by atoms with Gasteiger partial charge < -0.3 is 9.53 Å². The molecule has 0 saturated carbocycles. The van der Waals surface area contributed by atoms with E-state index in [-0.39, 0.29) is 16.4 Å². The summed E-state index contributed by atoms with van der Waals surface area (Å²) in [6.45, 7) is 12.5. The number of carbonyl (C=O) groups excluding carboxylic acids is 1. The number of hydrogen-bond acceptors (Lipinski definition) is 3. The lowest BCUT2D eigenvalue weighted by molar-refractivity contribution is 0.112. The maximum atomic E-state index is 10.9. The molecule has 4 heteroatoms. The van der Waals surface area contributed by atoms with Gasteiger partial charge in [0.1, 0.15) is 11.5 Å². The molecule has 0 unspecified atom stereocenters. The zero-order chi connectivity index (χ0) is 14.1. The van der Waals surface area contributed by atoms with Crippen molar-refractivity contribution in [2.45, 2.75) is 45.8 Å². The summed E-state index contributed by atoms with van der Waals surface area (Å²) in [5.74, 6) is 0.701. The summed E-state index contributed by atoms with van der Waals surface area (Å²) in [7, 11) is -1.92. The predicted octanol–water partition coefficient (Wildman–Crippen LogP) is 3.90. The van der Waals surface area contributed by atoms with Crippen LogP contribution in [-0.4, -0.2) is 19.7 Å². The highest BCUT2D eigenvalue weighted by molar-refractivity contribution is 6.74. The topological polar surface area (TPSA) is 46.5 Å². The summed E-state index contributed by atoms with van der Waals surface area (Å²) in [4.78, 5) is 10.9. The van der Waals surface area contributed by atoms with E-state index in [0.717, 1.165) is 0 Å². The molecule has 1 aromatic rings. The highest BCUT2D eigenvalue weighted by atomic mass is 28.4. The van der Waals surface area contributed by atoms with Gasteiger partial charge in [-0.05, 0) is 42.8 Å². The summed E-state index contributed by atoms with van der Waals surface area (Å²) in [5, 5.41) is 9.80. The van der Waals surface area contributed by atoms with Crippen LogP contribution in [0.25, 0.3) is 0 Å². The summed E-state index contributed by atoms with van der Waals surface area (Å²) in [6, 6.07) is 3.39. The Morgan fingerprint density at radius 3 is 2.28 bits per heavy atom. The first-order valence-electron chi connectivity index (χ1n) is 6.06. The fraction of sp³-hybridized carbons (Fsp3) is 0.500. The van der Waals surface area contributed by atoms with Crippen molar-refractivity contribution in [2.24, 2.45) is 0 Å². The maximum absolute atomic E-state index is 10.9. The van der Waals surface area contributed by atoms with Crippen molar-refractivity contribution in [3.63, 3.8) is 0 Å². The van der Waals surface area contributed by atoms with E-state index in [1.54, 1.807) is 19.1 Å². The van der Waals surface area contributed by atoms with Crippen molar-refractivity contribution in [3.05, 3.63) is 23.3 Å². The molecule has 0 aromatic heterocycles. The molecule has 1 rings (SSSR count). The summed E-state index contributed by atoms with van der Waals surface area (Å²) >= 11 is 0. The number of benzene rings is 1. The Morgan fingerprint density at radius 1 is 1.28 bits per heavy atom. The second kappa shape index (κ2) is 4.76. The number of phenolic OH excluding ortho intramolecular Hbond substituents is 1. The Morgan fingerprint density at radius 2 is 1.83 bits per heavy atom. The van der Waals surface area contributed by atoms with Crippen LogP contribution in [-0.2, 0) is 0 Å². The van der Waals surface area contributed by atoms with Gasteiger partial charge in [0.2, 0.25) is 8.32 Å². The number of aldehydes is 1. The lowest BCUT2D eigenvalue weighted by atomic mass is 10.1. The van der Waals surface area contributed by atoms with Crippen LogP contribution >= 0.6 is 0 Å². The molecule has 0 aliphatic heterocycles. The van der Waals surface area contributed by atoms with Crippen molar-refractivity contribution < 1.29 is 14.3 Å². The summed E-state index contributed by atoms with van der Waals surface area (Å²) in [5.41, 5.74) is 0.942. The van der Waals surface area contributed by atoms with E-state index in [1.165, 1.54) is 0 Å². The SMILES string of the molecule is Cc1cc(O[Si](C)(C)C(C)(C)C)cc(C=O)c1O. The molecule has 1 aromatic carbocycles. The quantitative estimate of drug-likeness (QED) is 0.666. The van der Waals surface area contributed by atoms with Gasteiger partial charge in [-0.25, -0.2) is 0 Å². The molecule has 0 heterocycles. The van der Waals surface area contributed by atoms with Gasteiger partial charge in [0, 0.05) is 0 Å². The minimum absolute atomic E-state index is 0.0348. The van der Waals surface area contributed by atoms with E-state index >= 15 is 0 Å². The molecule has 3 nitrogen and oxygen atoms in total. The number of rotatable bonds is 3. The minimum Gasteiger partial charge on any atom is -0.543 e. The van der Waals surface area contributed by atoms with Crippen LogP contribution in [0, 0.1) is 6.92 Å². The van der Waals surface area contributed by atoms with Crippen molar-refractivity contribution >= 4 is 14.6 Å². The predicted molar refractivity (Wildman–Crippen MR) is 76.1 cm³/mol. The largest absolute Gasteiger partial charge is 0.543 e. The first-order valence-corrected chi connectivity index (χ1v) is 8.97. The van der Waals surface area contributed by atoms with Gasteiger partial charge in [-0.2, -0.15) is 0 Å². The Labute approximate surface area is 110 Å². The van der Waals surface area contributed by atoms with Gasteiger partial charge in [-0.3, -0.25) is 4.79 Å². The first-order chi connectivity index (χ1) is 8.08. The van der Waals surface area contributed by atoms with Crippen LogP contribution in [0.5, 0.6) is 11.5 Å². The van der Waals surface area contributed by atoms with Crippen LogP contribution in [0.4, 0.5) is 0 Å². The molecule has 0 aliphatic carbocycles. The normalized spacial score (nSPS) is 12.3. The number of hydrogen-bond donors (Lipinski definition) is 1. The monoisotopic (exact) mass is 266 g/mol. The van der Waals surface area contributed by atoms with E-state index < -0.39 is 8.32 Å². The molecular formula is C14H22O3Si. The highest BCUT2D eigenvalue weighted by Gasteiger charge is 2.39. The average molecular weight is 266 g/mol. The molecule has 100 valence electrons. The second-order valence-electron chi connectivity index (χ2n) is 6.16. The van der Waals surface area contributed by atoms with E-state index in [4.69, 9.17) is 4.43 Å². The van der Waals surface area contributed by atoms with Crippen LogP contribution in [0.3, 0.4) is 0 Å². The molecule has 0 radical (unpaired) electrons. The third-order valence-corrected chi connectivity index (χ3v) is 7.97. The Bertz CT molecular complexity index is 459. The van der Waals surface area contributed by atoms with Crippen molar-refractivity contribution in [1.29, 1.82) is 0 Å². The molecule has 0 amide bonds. The van der Waals surface area contributed by atoms with Gasteiger partial charge in [0.25, 0.3) is 0 Å². The van der Waals surface area contributed by atoms with Crippen molar-refractivity contribution in [3.8, 4) is 11.5 Å². The molecule has 18 heavy (non-hydrogen) atoms. The zero-order valence-electron chi connectivity index (χ0n) is 12.0. The molecule has 0 bridgehead atoms. The lowest BCUT2D eigenvalue weighted by Gasteiger charge is -2.36. The Kier molecular flexibility index (Phi) is 3.91. The Hall–Kier alpha value is -1.29. The van der Waals surface area contributed by atoms with Gasteiger partial charge in [-0.15, -0.1) is 0 Å². The number of phenols is 1. The van der Waals surface area contributed by atoms with Crippen LogP contribution in [0.1, 0.15) is 36.7 Å². The smallest absolute Gasteiger partial charge is 0.250 e. The maximum Gasteiger partial charge on any atom is 0.250 e. The molecule has 0 saturated heterocycles. The van der Waals surface area contributed by atoms with Gasteiger partial charge in [-0.1, -0.05) is 20.8 Å². The van der Waals surface area contributed by atoms with Gasteiger partial charge in [0.05, 0.1) is 5.56 Å². The number of aromatic hydroxyl groups is 1. The molecule has 0 fully saturated rings. The van der Waals surface area contributed by atoms with Crippen LogP contribution in [0.2, 0.25) is 18.1 Å². The van der Waals surface area contributed by atoms with E-state index in [1.807, 2.05) is 0 Å². The summed E-state index contributed by atoms with van der Waals surface area (Å²) < 4.78 is 6.11. The minimum atomic E-state index is -1.92.